The maximum Gasteiger partial charge on any atom is 0.252 e. The lowest BCUT2D eigenvalue weighted by Crippen LogP contribution is -2.15. The molecule has 0 aliphatic carbocycles. The lowest BCUT2D eigenvalue weighted by Gasteiger charge is -2.13. The average molecular weight is 446 g/mol. The number of nitrogens with one attached hydrogen (secondary N) is 3. The molecule has 4 aromatic rings. The molecule has 2 aromatic heterocycles. The first-order chi connectivity index (χ1) is 15.5. The zero-order valence-electron chi connectivity index (χ0n) is 17.5. The molecule has 0 saturated heterocycles. The Labute approximate surface area is 189 Å². The maximum atomic E-state index is 11.9. The number of aromatic nitrogens is 1. The molecule has 0 bridgehead atoms. The van der Waals surface area contributed by atoms with E-state index >= 15 is 0 Å². The van der Waals surface area contributed by atoms with E-state index in [1.54, 1.807) is 24.3 Å². The summed E-state index contributed by atoms with van der Waals surface area (Å²) in [6.45, 7) is 2.35. The van der Waals surface area contributed by atoms with Gasteiger partial charge in [-0.2, -0.15) is 0 Å². The fourth-order valence-corrected chi connectivity index (χ4v) is 4.20. The number of nitrogens with two attached hydrogens (primary N) is 1. The van der Waals surface area contributed by atoms with Crippen LogP contribution in [0.5, 0.6) is 0 Å². The van der Waals surface area contributed by atoms with Crippen LogP contribution in [0.4, 0.5) is 22.9 Å². The molecule has 2 heterocycles. The Morgan fingerprint density at radius 1 is 1.06 bits per heavy atom. The fraction of sp³-hybridized carbons (Fsp3) is 0.125. The van der Waals surface area contributed by atoms with Crippen LogP contribution in [0, 0.1) is 0 Å². The Kier molecular flexibility index (Phi) is 6.32. The molecular formula is C24H23N5O2S. The third kappa shape index (κ3) is 4.87. The topological polar surface area (TPSA) is 109 Å². The highest BCUT2D eigenvalue weighted by Gasteiger charge is 2.12. The third-order valence-electron chi connectivity index (χ3n) is 4.96. The number of nitrogens with zero attached hydrogens (tertiary/aromatic N) is 1. The summed E-state index contributed by atoms with van der Waals surface area (Å²) in [6.07, 6.45) is 1.89. The number of pyridine rings is 1. The molecule has 162 valence electrons. The Bertz CT molecular complexity index is 1270. The summed E-state index contributed by atoms with van der Waals surface area (Å²) < 4.78 is 1.21. The van der Waals surface area contributed by atoms with Gasteiger partial charge in [0.05, 0.1) is 11.3 Å². The van der Waals surface area contributed by atoms with Gasteiger partial charge in [0.2, 0.25) is 5.91 Å². The molecule has 2 amide bonds. The number of carbonyl (C=O) groups is 2. The van der Waals surface area contributed by atoms with Gasteiger partial charge in [-0.15, -0.1) is 11.3 Å². The van der Waals surface area contributed by atoms with Crippen molar-refractivity contribution < 1.29 is 9.59 Å². The van der Waals surface area contributed by atoms with Crippen LogP contribution < -0.4 is 21.7 Å². The summed E-state index contributed by atoms with van der Waals surface area (Å²) in [5, 5.41) is 12.6. The van der Waals surface area contributed by atoms with E-state index in [1.807, 2.05) is 30.3 Å². The van der Waals surface area contributed by atoms with E-state index in [4.69, 9.17) is 5.73 Å². The van der Waals surface area contributed by atoms with Crippen LogP contribution in [0.3, 0.4) is 0 Å². The van der Waals surface area contributed by atoms with Crippen molar-refractivity contribution in [1.82, 2.24) is 4.98 Å². The molecule has 5 N–H and O–H groups in total. The summed E-state index contributed by atoms with van der Waals surface area (Å²) in [6, 6.07) is 17.3. The van der Waals surface area contributed by atoms with Crippen molar-refractivity contribution in [3.05, 3.63) is 77.3 Å². The monoisotopic (exact) mass is 445 g/mol. The van der Waals surface area contributed by atoms with Gasteiger partial charge >= 0.3 is 0 Å². The van der Waals surface area contributed by atoms with E-state index in [0.29, 0.717) is 30.0 Å². The molecule has 0 fully saturated rings. The number of carbonyl (C=O) groups excluding carboxylic acids is 2. The fourth-order valence-electron chi connectivity index (χ4n) is 3.29. The normalized spacial score (nSPS) is 10.7. The summed E-state index contributed by atoms with van der Waals surface area (Å²) in [7, 11) is 0. The lowest BCUT2D eigenvalue weighted by atomic mass is 10.1. The number of rotatable bonds is 8. The van der Waals surface area contributed by atoms with E-state index in [0.717, 1.165) is 16.9 Å². The lowest BCUT2D eigenvalue weighted by molar-refractivity contribution is -0.115. The Morgan fingerprint density at radius 2 is 1.84 bits per heavy atom. The van der Waals surface area contributed by atoms with Crippen molar-refractivity contribution in [2.45, 2.75) is 19.9 Å². The number of anilines is 4. The molecule has 0 radical (unpaired) electrons. The van der Waals surface area contributed by atoms with Crippen molar-refractivity contribution in [3.8, 4) is 0 Å². The van der Waals surface area contributed by atoms with E-state index < -0.39 is 5.91 Å². The Balaban J connectivity index is 1.52. The van der Waals surface area contributed by atoms with E-state index in [1.165, 1.54) is 16.3 Å². The highest BCUT2D eigenvalue weighted by Crippen LogP contribution is 2.27. The zero-order chi connectivity index (χ0) is 22.5. The van der Waals surface area contributed by atoms with E-state index in [2.05, 4.69) is 44.5 Å². The van der Waals surface area contributed by atoms with Gasteiger partial charge in [-0.25, -0.2) is 4.98 Å². The molecule has 0 atom stereocenters. The van der Waals surface area contributed by atoms with Crippen molar-refractivity contribution in [3.63, 3.8) is 0 Å². The van der Waals surface area contributed by atoms with Gasteiger partial charge in [0.15, 0.2) is 0 Å². The smallest absolute Gasteiger partial charge is 0.252 e. The molecular weight excluding hydrogens is 422 g/mol. The van der Waals surface area contributed by atoms with Gasteiger partial charge in [-0.1, -0.05) is 25.1 Å². The predicted octanol–water partition coefficient (Wildman–Crippen LogP) is 5.10. The average Bonchev–Trinajstić information content (AvgIpc) is 3.28. The molecule has 2 aromatic carbocycles. The predicted molar refractivity (Wildman–Crippen MR) is 131 cm³/mol. The van der Waals surface area contributed by atoms with Gasteiger partial charge in [0, 0.05) is 41.3 Å². The van der Waals surface area contributed by atoms with E-state index in [-0.39, 0.29) is 5.91 Å². The number of thiophene rings is 1. The van der Waals surface area contributed by atoms with Crippen LogP contribution in [0.2, 0.25) is 0 Å². The van der Waals surface area contributed by atoms with Gasteiger partial charge in [0.25, 0.3) is 5.91 Å². The zero-order valence-corrected chi connectivity index (χ0v) is 18.3. The Hall–Kier alpha value is -3.91. The SMILES string of the molecule is CCC(=O)Nc1ccc(Nc2cc(NCc3cccc4ccsc34)c(C(N)=O)cn2)cc1. The first-order valence-electron chi connectivity index (χ1n) is 10.2. The van der Waals surface area contributed by atoms with Gasteiger partial charge in [-0.3, -0.25) is 9.59 Å². The van der Waals surface area contributed by atoms with Gasteiger partial charge in [-0.05, 0) is 46.7 Å². The van der Waals surface area contributed by atoms with Crippen molar-refractivity contribution in [2.24, 2.45) is 5.73 Å². The minimum absolute atomic E-state index is 0.0385. The number of hydrogen-bond donors (Lipinski definition) is 4. The van der Waals surface area contributed by atoms with Crippen molar-refractivity contribution >= 4 is 56.1 Å². The number of hydrogen-bond acceptors (Lipinski definition) is 6. The quantitative estimate of drug-likeness (QED) is 0.302. The summed E-state index contributed by atoms with van der Waals surface area (Å²) in [5.74, 6) is -0.0163. The van der Waals surface area contributed by atoms with Crippen LogP contribution in [0.15, 0.2) is 66.2 Å². The maximum absolute atomic E-state index is 11.9. The summed E-state index contributed by atoms with van der Waals surface area (Å²) >= 11 is 1.69. The third-order valence-corrected chi connectivity index (χ3v) is 5.97. The highest BCUT2D eigenvalue weighted by molar-refractivity contribution is 7.17. The van der Waals surface area contributed by atoms with Crippen LogP contribution >= 0.6 is 11.3 Å². The second-order valence-corrected chi connectivity index (χ2v) is 8.11. The molecule has 0 spiro atoms. The highest BCUT2D eigenvalue weighted by atomic mass is 32.1. The number of amides is 2. The molecule has 0 aliphatic rings. The van der Waals surface area contributed by atoms with Crippen molar-refractivity contribution in [2.75, 3.05) is 16.0 Å². The number of primary amides is 1. The second kappa shape index (κ2) is 9.49. The Morgan fingerprint density at radius 3 is 2.59 bits per heavy atom. The first kappa shape index (κ1) is 21.3. The van der Waals surface area contributed by atoms with Crippen LogP contribution in [0.1, 0.15) is 29.3 Å². The molecule has 8 heteroatoms. The standard InChI is InChI=1S/C24H23N5O2S/c1-2-22(30)29-18-8-6-17(7-9-18)28-21-12-20(19(14-27-21)24(25)31)26-13-16-5-3-4-15-10-11-32-23(15)16/h3-12,14H,2,13H2,1H3,(H2,25,31)(H,29,30)(H2,26,27,28). The van der Waals surface area contributed by atoms with Crippen LogP contribution in [-0.2, 0) is 11.3 Å². The number of benzene rings is 2. The second-order valence-electron chi connectivity index (χ2n) is 7.19. The molecule has 32 heavy (non-hydrogen) atoms. The number of fused-ring (bicyclic) bond motifs is 1. The van der Waals surface area contributed by atoms with Crippen molar-refractivity contribution in [1.29, 1.82) is 0 Å². The van der Waals surface area contributed by atoms with Crippen LogP contribution in [0.25, 0.3) is 10.1 Å². The first-order valence-corrected chi connectivity index (χ1v) is 11.1. The van der Waals surface area contributed by atoms with Gasteiger partial charge in [0.1, 0.15) is 5.82 Å². The molecule has 0 saturated carbocycles. The molecule has 0 aliphatic heterocycles. The largest absolute Gasteiger partial charge is 0.380 e. The van der Waals surface area contributed by atoms with Crippen LogP contribution in [-0.4, -0.2) is 16.8 Å². The minimum Gasteiger partial charge on any atom is -0.380 e. The minimum atomic E-state index is -0.545. The summed E-state index contributed by atoms with van der Waals surface area (Å²) in [5.41, 5.74) is 9.16. The molecule has 0 unspecified atom stereocenters. The van der Waals surface area contributed by atoms with Gasteiger partial charge < -0.3 is 21.7 Å². The summed E-state index contributed by atoms with van der Waals surface area (Å²) in [4.78, 5) is 27.8. The molecule has 7 nitrogen and oxygen atoms in total. The van der Waals surface area contributed by atoms with E-state index in [9.17, 15) is 9.59 Å². The molecule has 4 rings (SSSR count).